The second-order valence-electron chi connectivity index (χ2n) is 6.58. The number of hydrogen-bond donors (Lipinski definition) is 2. The molecule has 1 aliphatic rings. The van der Waals surface area contributed by atoms with Crippen LogP contribution in [0.1, 0.15) is 42.1 Å². The predicted molar refractivity (Wildman–Crippen MR) is 120 cm³/mol. The van der Waals surface area contributed by atoms with E-state index in [2.05, 4.69) is 10.6 Å². The van der Waals surface area contributed by atoms with E-state index in [1.807, 2.05) is 19.9 Å². The standard InChI is InChI=1S/C17H17Cl2NO3.C5H11N/c1-3-22-10-23-17(21)12-6-4-5-7-14(12)20-16-13(18)9-8-11(2)15(16)19;1-2-4-6-5-3-1/h4-9,20H,3,10H2,1-2H3;6H,1-5H2. The van der Waals surface area contributed by atoms with Crippen molar-refractivity contribution in [2.45, 2.75) is 33.1 Å². The molecule has 3 rings (SSSR count). The number of ether oxygens (including phenoxy) is 2. The summed E-state index contributed by atoms with van der Waals surface area (Å²) < 4.78 is 10.1. The van der Waals surface area contributed by atoms with Crippen molar-refractivity contribution in [3.05, 3.63) is 57.6 Å². The fourth-order valence-electron chi connectivity index (χ4n) is 2.73. The first-order chi connectivity index (χ1) is 14.0. The highest BCUT2D eigenvalue weighted by Crippen LogP contribution is 2.36. The molecular weight excluding hydrogens is 411 g/mol. The molecule has 1 heterocycles. The Kier molecular flexibility index (Phi) is 10.3. The number of esters is 1. The lowest BCUT2D eigenvalue weighted by Crippen LogP contribution is -2.21. The maximum Gasteiger partial charge on any atom is 0.342 e. The summed E-state index contributed by atoms with van der Waals surface area (Å²) >= 11 is 12.5. The molecule has 2 aromatic rings. The van der Waals surface area contributed by atoms with Gasteiger partial charge in [-0.1, -0.05) is 47.8 Å². The molecule has 7 heteroatoms. The molecule has 0 spiro atoms. The van der Waals surface area contributed by atoms with E-state index in [-0.39, 0.29) is 6.79 Å². The van der Waals surface area contributed by atoms with Crippen molar-refractivity contribution in [2.75, 3.05) is 31.8 Å². The van der Waals surface area contributed by atoms with E-state index in [0.29, 0.717) is 33.6 Å². The zero-order valence-electron chi connectivity index (χ0n) is 16.9. The minimum Gasteiger partial charge on any atom is -0.435 e. The summed E-state index contributed by atoms with van der Waals surface area (Å²) in [6.07, 6.45) is 4.22. The Morgan fingerprint density at radius 2 is 1.83 bits per heavy atom. The molecule has 0 aliphatic carbocycles. The molecule has 0 saturated carbocycles. The van der Waals surface area contributed by atoms with Gasteiger partial charge in [0.25, 0.3) is 0 Å². The topological polar surface area (TPSA) is 59.6 Å². The smallest absolute Gasteiger partial charge is 0.342 e. The van der Waals surface area contributed by atoms with Gasteiger partial charge in [-0.05, 0) is 63.5 Å². The zero-order chi connectivity index (χ0) is 21.1. The lowest BCUT2D eigenvalue weighted by molar-refractivity contribution is -0.0273. The summed E-state index contributed by atoms with van der Waals surface area (Å²) in [6.45, 7) is 6.59. The Morgan fingerprint density at radius 1 is 1.10 bits per heavy atom. The molecule has 1 fully saturated rings. The quantitative estimate of drug-likeness (QED) is 0.331. The molecule has 0 bridgehead atoms. The van der Waals surface area contributed by atoms with Gasteiger partial charge < -0.3 is 20.1 Å². The number of piperidine rings is 1. The summed E-state index contributed by atoms with van der Waals surface area (Å²) in [7, 11) is 0. The maximum atomic E-state index is 12.2. The van der Waals surface area contributed by atoms with Gasteiger partial charge in [-0.15, -0.1) is 0 Å². The number of rotatable bonds is 6. The molecule has 0 unspecified atom stereocenters. The van der Waals surface area contributed by atoms with Gasteiger partial charge >= 0.3 is 5.97 Å². The second kappa shape index (κ2) is 12.7. The van der Waals surface area contributed by atoms with Crippen molar-refractivity contribution in [3.8, 4) is 0 Å². The van der Waals surface area contributed by atoms with Crippen molar-refractivity contribution in [1.29, 1.82) is 0 Å². The van der Waals surface area contributed by atoms with Crippen LogP contribution in [0.4, 0.5) is 11.4 Å². The van der Waals surface area contributed by atoms with Gasteiger partial charge in [-0.25, -0.2) is 4.79 Å². The number of carbonyl (C=O) groups is 1. The van der Waals surface area contributed by atoms with Crippen LogP contribution in [-0.4, -0.2) is 32.5 Å². The third kappa shape index (κ3) is 7.52. The molecule has 2 N–H and O–H groups in total. The summed E-state index contributed by atoms with van der Waals surface area (Å²) in [4.78, 5) is 12.2. The van der Waals surface area contributed by atoms with E-state index in [1.54, 1.807) is 30.3 Å². The number of nitrogens with one attached hydrogen (secondary N) is 2. The average molecular weight is 439 g/mol. The van der Waals surface area contributed by atoms with Crippen molar-refractivity contribution >= 4 is 40.5 Å². The Balaban J connectivity index is 0.000000426. The number of anilines is 2. The highest BCUT2D eigenvalue weighted by molar-refractivity contribution is 6.39. The Labute approximate surface area is 182 Å². The van der Waals surface area contributed by atoms with Crippen LogP contribution in [0, 0.1) is 6.92 Å². The van der Waals surface area contributed by atoms with Crippen LogP contribution in [0.5, 0.6) is 0 Å². The van der Waals surface area contributed by atoms with E-state index in [1.165, 1.54) is 32.4 Å². The first-order valence-electron chi connectivity index (χ1n) is 9.80. The Bertz CT molecular complexity index is 784. The van der Waals surface area contributed by atoms with E-state index in [0.717, 1.165) is 5.56 Å². The average Bonchev–Trinajstić information content (AvgIpc) is 2.76. The third-order valence-corrected chi connectivity index (χ3v) is 5.18. The van der Waals surface area contributed by atoms with E-state index >= 15 is 0 Å². The van der Waals surface area contributed by atoms with E-state index in [4.69, 9.17) is 32.7 Å². The fraction of sp³-hybridized carbons (Fsp3) is 0.409. The number of halogens is 2. The van der Waals surface area contributed by atoms with E-state index < -0.39 is 5.97 Å². The largest absolute Gasteiger partial charge is 0.435 e. The van der Waals surface area contributed by atoms with Gasteiger partial charge in [-0.3, -0.25) is 0 Å². The number of carbonyl (C=O) groups excluding carboxylic acids is 1. The summed E-state index contributed by atoms with van der Waals surface area (Å²) in [5.41, 5.74) is 2.37. The van der Waals surface area contributed by atoms with Gasteiger partial charge in [0.1, 0.15) is 0 Å². The van der Waals surface area contributed by atoms with Crippen LogP contribution in [0.3, 0.4) is 0 Å². The van der Waals surface area contributed by atoms with Gasteiger partial charge in [0.05, 0.1) is 27.0 Å². The summed E-state index contributed by atoms with van der Waals surface area (Å²) in [5, 5.41) is 7.38. The molecule has 29 heavy (non-hydrogen) atoms. The van der Waals surface area contributed by atoms with Crippen molar-refractivity contribution in [2.24, 2.45) is 0 Å². The molecular formula is C22H28Cl2N2O3. The van der Waals surface area contributed by atoms with Crippen LogP contribution in [0.15, 0.2) is 36.4 Å². The summed E-state index contributed by atoms with van der Waals surface area (Å²) in [6, 6.07) is 10.6. The second-order valence-corrected chi connectivity index (χ2v) is 7.36. The molecule has 0 amide bonds. The number of hydrogen-bond acceptors (Lipinski definition) is 5. The van der Waals surface area contributed by atoms with Gasteiger partial charge in [0.15, 0.2) is 6.79 Å². The third-order valence-electron chi connectivity index (χ3n) is 4.38. The number of para-hydroxylation sites is 1. The molecule has 1 saturated heterocycles. The monoisotopic (exact) mass is 438 g/mol. The van der Waals surface area contributed by atoms with Gasteiger partial charge in [-0.2, -0.15) is 0 Å². The molecule has 5 nitrogen and oxygen atoms in total. The minimum absolute atomic E-state index is 0.0877. The van der Waals surface area contributed by atoms with Crippen molar-refractivity contribution < 1.29 is 14.3 Å². The number of benzene rings is 2. The van der Waals surface area contributed by atoms with Crippen LogP contribution in [0.25, 0.3) is 0 Å². The molecule has 0 aromatic heterocycles. The number of aryl methyl sites for hydroxylation is 1. The lowest BCUT2D eigenvalue weighted by Gasteiger charge is -2.15. The van der Waals surface area contributed by atoms with Crippen LogP contribution < -0.4 is 10.6 Å². The van der Waals surface area contributed by atoms with Crippen LogP contribution in [-0.2, 0) is 9.47 Å². The SMILES string of the molecule is C1CCNCC1.CCOCOC(=O)c1ccccc1Nc1c(Cl)ccc(C)c1Cl. The maximum absolute atomic E-state index is 12.2. The zero-order valence-corrected chi connectivity index (χ0v) is 18.4. The molecule has 158 valence electrons. The van der Waals surface area contributed by atoms with Crippen molar-refractivity contribution in [1.82, 2.24) is 5.32 Å². The molecule has 1 aliphatic heterocycles. The molecule has 0 radical (unpaired) electrons. The predicted octanol–water partition coefficient (Wildman–Crippen LogP) is 5.96. The Morgan fingerprint density at radius 3 is 2.45 bits per heavy atom. The van der Waals surface area contributed by atoms with Crippen LogP contribution >= 0.6 is 23.2 Å². The lowest BCUT2D eigenvalue weighted by atomic mass is 10.1. The first-order valence-corrected chi connectivity index (χ1v) is 10.6. The summed E-state index contributed by atoms with van der Waals surface area (Å²) in [5.74, 6) is -0.485. The normalized spacial score (nSPS) is 13.2. The first kappa shape index (κ1) is 23.5. The Hall–Kier alpha value is -1.79. The molecule has 2 aromatic carbocycles. The molecule has 0 atom stereocenters. The van der Waals surface area contributed by atoms with Gasteiger partial charge in [0.2, 0.25) is 0 Å². The van der Waals surface area contributed by atoms with E-state index in [9.17, 15) is 4.79 Å². The van der Waals surface area contributed by atoms with Crippen molar-refractivity contribution in [3.63, 3.8) is 0 Å². The highest BCUT2D eigenvalue weighted by Gasteiger charge is 2.15. The minimum atomic E-state index is -0.485. The van der Waals surface area contributed by atoms with Gasteiger partial charge in [0, 0.05) is 6.61 Å². The van der Waals surface area contributed by atoms with Crippen LogP contribution in [0.2, 0.25) is 10.0 Å². The fourth-order valence-corrected chi connectivity index (χ4v) is 3.20. The highest BCUT2D eigenvalue weighted by atomic mass is 35.5.